The zero-order valence-electron chi connectivity index (χ0n) is 6.01. The van der Waals surface area contributed by atoms with Crippen LogP contribution in [0.1, 0.15) is 6.42 Å². The number of rotatable bonds is 5. The number of carbonyl (C=O) groups is 1. The molecule has 5 heteroatoms. The molecule has 0 aromatic rings. The maximum Gasteiger partial charge on any atom is 0.326 e. The molecule has 4 nitrogen and oxygen atoms in total. The second kappa shape index (κ2) is 4.44. The minimum Gasteiger partial charge on any atom is -0.324 e. The molecule has 1 unspecified atom stereocenters. The van der Waals surface area contributed by atoms with Gasteiger partial charge in [-0.2, -0.15) is 0 Å². The molecule has 0 rings (SSSR count). The van der Waals surface area contributed by atoms with Crippen LogP contribution >= 0.6 is 7.60 Å². The number of allylic oxidation sites excluding steroid dienone is 1. The van der Waals surface area contributed by atoms with Crippen LogP contribution in [0.2, 0.25) is 0 Å². The van der Waals surface area contributed by atoms with E-state index in [1.54, 1.807) is 0 Å². The largest absolute Gasteiger partial charge is 0.326 e. The van der Waals surface area contributed by atoms with Gasteiger partial charge in [-0.25, -0.2) is 0 Å². The van der Waals surface area contributed by atoms with Gasteiger partial charge in [-0.3, -0.25) is 4.57 Å². The van der Waals surface area contributed by atoms with Crippen molar-refractivity contribution in [3.05, 3.63) is 12.7 Å². The molecule has 1 atom stereocenters. The van der Waals surface area contributed by atoms with Crippen molar-refractivity contribution in [2.24, 2.45) is 5.92 Å². The summed E-state index contributed by atoms with van der Waals surface area (Å²) in [5.41, 5.74) is 0. The summed E-state index contributed by atoms with van der Waals surface area (Å²) in [4.78, 5) is 27.1. The minimum atomic E-state index is -4.05. The summed E-state index contributed by atoms with van der Waals surface area (Å²) in [5.74, 6) is -0.603. The van der Waals surface area contributed by atoms with Crippen LogP contribution in [0.25, 0.3) is 0 Å². The Kier molecular flexibility index (Phi) is 4.26. The lowest BCUT2D eigenvalue weighted by Gasteiger charge is -2.07. The molecule has 0 fully saturated rings. The Morgan fingerprint density at radius 1 is 1.55 bits per heavy atom. The van der Waals surface area contributed by atoms with Crippen LogP contribution in [0, 0.1) is 5.92 Å². The Labute approximate surface area is 65.1 Å². The molecular weight excluding hydrogens is 167 g/mol. The van der Waals surface area contributed by atoms with Crippen LogP contribution < -0.4 is 0 Å². The maximum absolute atomic E-state index is 10.4. The van der Waals surface area contributed by atoms with Crippen molar-refractivity contribution in [1.82, 2.24) is 0 Å². The second-order valence-corrected chi connectivity index (χ2v) is 3.96. The van der Waals surface area contributed by atoms with Crippen molar-refractivity contribution < 1.29 is 19.1 Å². The second-order valence-electron chi connectivity index (χ2n) is 2.27. The zero-order valence-corrected chi connectivity index (χ0v) is 6.91. The standard InChI is InChI=1S/C6H11O4P/c1-2-3-6(4-7)5-11(8,9)10/h2,4,6H,1,3,5H2,(H2,8,9,10). The van der Waals surface area contributed by atoms with Gasteiger partial charge in [0.15, 0.2) is 0 Å². The fraction of sp³-hybridized carbons (Fsp3) is 0.500. The number of carbonyl (C=O) groups excluding carboxylic acids is 1. The van der Waals surface area contributed by atoms with Crippen molar-refractivity contribution in [1.29, 1.82) is 0 Å². The van der Waals surface area contributed by atoms with E-state index in [-0.39, 0.29) is 6.16 Å². The average Bonchev–Trinajstić information content (AvgIpc) is 1.84. The van der Waals surface area contributed by atoms with Crippen LogP contribution in [-0.2, 0) is 9.36 Å². The Bertz CT molecular complexity index is 183. The van der Waals surface area contributed by atoms with E-state index in [1.807, 2.05) is 0 Å². The predicted octanol–water partition coefficient (Wildman–Crippen LogP) is 0.555. The van der Waals surface area contributed by atoms with Crippen LogP contribution in [0.15, 0.2) is 12.7 Å². The third-order valence-corrected chi connectivity index (χ3v) is 2.08. The van der Waals surface area contributed by atoms with E-state index >= 15 is 0 Å². The quantitative estimate of drug-likeness (QED) is 0.366. The van der Waals surface area contributed by atoms with Gasteiger partial charge >= 0.3 is 7.60 Å². The van der Waals surface area contributed by atoms with Gasteiger partial charge in [0.05, 0.1) is 6.16 Å². The number of aldehydes is 1. The van der Waals surface area contributed by atoms with E-state index in [2.05, 4.69) is 6.58 Å². The summed E-state index contributed by atoms with van der Waals surface area (Å²) in [5, 5.41) is 0. The first kappa shape index (κ1) is 10.6. The molecular formula is C6H11O4P. The van der Waals surface area contributed by atoms with Crippen molar-refractivity contribution in [3.8, 4) is 0 Å². The van der Waals surface area contributed by atoms with Crippen molar-refractivity contribution in [3.63, 3.8) is 0 Å². The summed E-state index contributed by atoms with van der Waals surface area (Å²) >= 11 is 0. The smallest absolute Gasteiger partial charge is 0.324 e. The van der Waals surface area contributed by atoms with Crippen molar-refractivity contribution in [2.75, 3.05) is 6.16 Å². The SMILES string of the molecule is C=CCC(C=O)CP(=O)(O)O. The summed E-state index contributed by atoms with van der Waals surface area (Å²) in [7, 11) is -4.05. The fourth-order valence-electron chi connectivity index (χ4n) is 0.693. The monoisotopic (exact) mass is 178 g/mol. The first-order chi connectivity index (χ1) is 4.99. The van der Waals surface area contributed by atoms with Crippen LogP contribution in [0.4, 0.5) is 0 Å². The Morgan fingerprint density at radius 3 is 2.36 bits per heavy atom. The summed E-state index contributed by atoms with van der Waals surface area (Å²) in [6, 6.07) is 0. The molecule has 0 amide bonds. The highest BCUT2D eigenvalue weighted by Gasteiger charge is 2.19. The number of hydrogen-bond donors (Lipinski definition) is 2. The Hall–Kier alpha value is -0.440. The molecule has 0 radical (unpaired) electrons. The van der Waals surface area contributed by atoms with E-state index in [4.69, 9.17) is 9.79 Å². The molecule has 0 aromatic carbocycles. The fourth-order valence-corrected chi connectivity index (χ4v) is 1.54. The van der Waals surface area contributed by atoms with Crippen LogP contribution in [-0.4, -0.2) is 22.2 Å². The lowest BCUT2D eigenvalue weighted by atomic mass is 10.1. The highest BCUT2D eigenvalue weighted by Crippen LogP contribution is 2.37. The molecule has 0 spiro atoms. The third-order valence-electron chi connectivity index (χ3n) is 1.13. The summed E-state index contributed by atoms with van der Waals surface area (Å²) in [6.07, 6.45) is 1.94. The molecule has 11 heavy (non-hydrogen) atoms. The first-order valence-corrected chi connectivity index (χ1v) is 4.90. The van der Waals surface area contributed by atoms with E-state index < -0.39 is 13.5 Å². The molecule has 0 aliphatic heterocycles. The Balaban J connectivity index is 3.97. The van der Waals surface area contributed by atoms with Crippen molar-refractivity contribution >= 4 is 13.9 Å². The average molecular weight is 178 g/mol. The van der Waals surface area contributed by atoms with Gasteiger partial charge < -0.3 is 14.6 Å². The molecule has 0 heterocycles. The molecule has 0 aromatic heterocycles. The van der Waals surface area contributed by atoms with Crippen molar-refractivity contribution in [2.45, 2.75) is 6.42 Å². The highest BCUT2D eigenvalue weighted by molar-refractivity contribution is 7.51. The van der Waals surface area contributed by atoms with E-state index in [9.17, 15) is 9.36 Å². The third kappa shape index (κ3) is 5.98. The molecule has 0 saturated carbocycles. The zero-order chi connectivity index (χ0) is 8.91. The van der Waals surface area contributed by atoms with Gasteiger partial charge in [0.1, 0.15) is 6.29 Å². The van der Waals surface area contributed by atoms with Gasteiger partial charge in [-0.1, -0.05) is 6.08 Å². The lowest BCUT2D eigenvalue weighted by molar-refractivity contribution is -0.110. The van der Waals surface area contributed by atoms with Gasteiger partial charge in [0.2, 0.25) is 0 Å². The minimum absolute atomic E-state index is 0.314. The predicted molar refractivity (Wildman–Crippen MR) is 41.3 cm³/mol. The van der Waals surface area contributed by atoms with Crippen LogP contribution in [0.5, 0.6) is 0 Å². The van der Waals surface area contributed by atoms with Gasteiger partial charge in [-0.15, -0.1) is 6.58 Å². The van der Waals surface area contributed by atoms with E-state index in [0.717, 1.165) is 0 Å². The molecule has 2 N–H and O–H groups in total. The number of hydrogen-bond acceptors (Lipinski definition) is 2. The first-order valence-electron chi connectivity index (χ1n) is 3.10. The van der Waals surface area contributed by atoms with Gasteiger partial charge in [0.25, 0.3) is 0 Å². The van der Waals surface area contributed by atoms with E-state index in [0.29, 0.717) is 12.7 Å². The highest BCUT2D eigenvalue weighted by atomic mass is 31.2. The summed E-state index contributed by atoms with van der Waals surface area (Å²) in [6.45, 7) is 3.37. The lowest BCUT2D eigenvalue weighted by Crippen LogP contribution is -2.06. The van der Waals surface area contributed by atoms with E-state index in [1.165, 1.54) is 6.08 Å². The Morgan fingerprint density at radius 2 is 2.09 bits per heavy atom. The summed E-state index contributed by atoms with van der Waals surface area (Å²) < 4.78 is 10.4. The molecule has 0 aliphatic rings. The van der Waals surface area contributed by atoms with Crippen LogP contribution in [0.3, 0.4) is 0 Å². The molecule has 0 saturated heterocycles. The topological polar surface area (TPSA) is 74.6 Å². The normalized spacial score (nSPS) is 14.0. The molecule has 0 aliphatic carbocycles. The maximum atomic E-state index is 10.4. The van der Waals surface area contributed by atoms with Gasteiger partial charge in [0, 0.05) is 5.92 Å². The van der Waals surface area contributed by atoms with Gasteiger partial charge in [-0.05, 0) is 6.42 Å². The molecule has 64 valence electrons. The molecule has 0 bridgehead atoms.